The Kier molecular flexibility index (Phi) is 12.0. The molecule has 0 aliphatic heterocycles. The zero-order chi connectivity index (χ0) is 8.69. The molecule has 0 saturated carbocycles. The van der Waals surface area contributed by atoms with Crippen LogP contribution in [0.1, 0.15) is 26.2 Å². The monoisotopic (exact) mass is 198 g/mol. The Hall–Kier alpha value is 0.500. The number of carboxylic acids is 1. The molecule has 0 amide bonds. The van der Waals surface area contributed by atoms with Crippen molar-refractivity contribution in [2.45, 2.75) is 31.6 Å². The Morgan fingerprint density at radius 2 is 2.25 bits per heavy atom. The summed E-state index contributed by atoms with van der Waals surface area (Å²) >= 11 is 5.76. The Morgan fingerprint density at radius 1 is 1.67 bits per heavy atom. The molecule has 0 aliphatic carbocycles. The fourth-order valence-electron chi connectivity index (χ4n) is 0.676. The van der Waals surface area contributed by atoms with E-state index in [0.717, 1.165) is 6.42 Å². The molecule has 0 rings (SSSR count). The van der Waals surface area contributed by atoms with Crippen LogP contribution in [0.2, 0.25) is 0 Å². The van der Waals surface area contributed by atoms with Gasteiger partial charge in [0.05, 0.1) is 0 Å². The van der Waals surface area contributed by atoms with Crippen molar-refractivity contribution in [3.05, 3.63) is 12.2 Å². The molecule has 0 aromatic heterocycles. The summed E-state index contributed by atoms with van der Waals surface area (Å²) in [4.78, 5) is 9.99. The summed E-state index contributed by atoms with van der Waals surface area (Å²) in [6.07, 6.45) is 5.08. The number of carbonyl (C=O) groups excluding carboxylic acids is 1. The minimum atomic E-state index is -1.03. The molecule has 12 heavy (non-hydrogen) atoms. The first-order valence-corrected chi connectivity index (χ1v) is 4.05. The van der Waals surface area contributed by atoms with Crippen molar-refractivity contribution >= 4 is 17.6 Å². The average Bonchev–Trinajstić information content (AvgIpc) is 1.97. The van der Waals surface area contributed by atoms with Gasteiger partial charge < -0.3 is 9.90 Å². The molecule has 0 aromatic carbocycles. The molecule has 0 aliphatic rings. The molecule has 1 atom stereocenters. The third-order valence-corrected chi connectivity index (χ3v) is 1.69. The standard InChI is InChI=1S/C8H13ClO2.Na/c1-2-3-4-7(9)5-6-8(10)11;/h2-3,7H,4-6H2,1H3,(H,10,11);/q;+1/p-1/b3-2+;. The number of hydrogen-bond donors (Lipinski definition) is 0. The number of halogens is 1. The van der Waals surface area contributed by atoms with Crippen LogP contribution in [0.15, 0.2) is 12.2 Å². The minimum absolute atomic E-state index is 0. The van der Waals surface area contributed by atoms with Crippen molar-refractivity contribution in [1.29, 1.82) is 0 Å². The van der Waals surface area contributed by atoms with Crippen molar-refractivity contribution in [1.82, 2.24) is 0 Å². The van der Waals surface area contributed by atoms with Gasteiger partial charge in [-0.2, -0.15) is 0 Å². The number of aliphatic carboxylic acids is 1. The first-order valence-electron chi connectivity index (χ1n) is 3.62. The third kappa shape index (κ3) is 10.5. The number of alkyl halides is 1. The van der Waals surface area contributed by atoms with Gasteiger partial charge in [0.1, 0.15) is 0 Å². The SMILES string of the molecule is C/C=C/CC(Cl)CCC(=O)[O-].[Na+]. The minimum Gasteiger partial charge on any atom is -0.550 e. The molecule has 64 valence electrons. The second-order valence-corrected chi connectivity index (χ2v) is 2.93. The largest absolute Gasteiger partial charge is 1.00 e. The van der Waals surface area contributed by atoms with Crippen LogP contribution in [0, 0.1) is 0 Å². The van der Waals surface area contributed by atoms with E-state index in [9.17, 15) is 9.90 Å². The van der Waals surface area contributed by atoms with Gasteiger partial charge in [0, 0.05) is 11.3 Å². The van der Waals surface area contributed by atoms with Crippen molar-refractivity contribution in [2.24, 2.45) is 0 Å². The number of rotatable bonds is 5. The summed E-state index contributed by atoms with van der Waals surface area (Å²) in [5.74, 6) is -1.03. The topological polar surface area (TPSA) is 40.1 Å². The number of hydrogen-bond acceptors (Lipinski definition) is 2. The van der Waals surface area contributed by atoms with E-state index in [0.29, 0.717) is 6.42 Å². The molecule has 0 bridgehead atoms. The van der Waals surface area contributed by atoms with Crippen LogP contribution in [-0.2, 0) is 4.79 Å². The van der Waals surface area contributed by atoms with E-state index < -0.39 is 5.97 Å². The van der Waals surface area contributed by atoms with E-state index in [1.165, 1.54) is 0 Å². The summed E-state index contributed by atoms with van der Waals surface area (Å²) in [5, 5.41) is 9.91. The number of carbonyl (C=O) groups is 1. The quantitative estimate of drug-likeness (QED) is 0.294. The predicted molar refractivity (Wildman–Crippen MR) is 43.3 cm³/mol. The normalized spacial score (nSPS) is 12.5. The van der Waals surface area contributed by atoms with Gasteiger partial charge in [-0.3, -0.25) is 0 Å². The van der Waals surface area contributed by atoms with E-state index in [1.54, 1.807) is 0 Å². The van der Waals surface area contributed by atoms with E-state index >= 15 is 0 Å². The Balaban J connectivity index is 0. The summed E-state index contributed by atoms with van der Waals surface area (Å²) in [5.41, 5.74) is 0. The first kappa shape index (κ1) is 15.0. The fourth-order valence-corrected chi connectivity index (χ4v) is 0.888. The van der Waals surface area contributed by atoms with Crippen LogP contribution >= 0.6 is 11.6 Å². The summed E-state index contributed by atoms with van der Waals surface area (Å²) in [7, 11) is 0. The molecule has 0 aromatic rings. The molecule has 0 saturated heterocycles. The molecule has 0 spiro atoms. The molecule has 1 unspecified atom stereocenters. The van der Waals surface area contributed by atoms with Crippen LogP contribution in [-0.4, -0.2) is 11.3 Å². The summed E-state index contributed by atoms with van der Waals surface area (Å²) in [6, 6.07) is 0. The zero-order valence-electron chi connectivity index (χ0n) is 7.55. The van der Waals surface area contributed by atoms with Crippen molar-refractivity contribution in [3.63, 3.8) is 0 Å². The van der Waals surface area contributed by atoms with Crippen molar-refractivity contribution < 1.29 is 39.5 Å². The van der Waals surface area contributed by atoms with Crippen LogP contribution in [0.3, 0.4) is 0 Å². The van der Waals surface area contributed by atoms with Crippen molar-refractivity contribution in [2.75, 3.05) is 0 Å². The summed E-state index contributed by atoms with van der Waals surface area (Å²) in [6.45, 7) is 1.91. The van der Waals surface area contributed by atoms with Crippen LogP contribution in [0.5, 0.6) is 0 Å². The molecule has 2 nitrogen and oxygen atoms in total. The van der Waals surface area contributed by atoms with Crippen molar-refractivity contribution in [3.8, 4) is 0 Å². The van der Waals surface area contributed by atoms with E-state index in [2.05, 4.69) is 0 Å². The molecule has 0 fully saturated rings. The van der Waals surface area contributed by atoms with Crippen LogP contribution < -0.4 is 34.7 Å². The smallest absolute Gasteiger partial charge is 0.550 e. The Bertz CT molecular complexity index is 148. The molecule has 0 N–H and O–H groups in total. The summed E-state index contributed by atoms with van der Waals surface area (Å²) < 4.78 is 0. The second kappa shape index (κ2) is 9.59. The van der Waals surface area contributed by atoms with Gasteiger partial charge in [0.25, 0.3) is 0 Å². The van der Waals surface area contributed by atoms with E-state index in [-0.39, 0.29) is 41.4 Å². The van der Waals surface area contributed by atoms with Crippen LogP contribution in [0.25, 0.3) is 0 Å². The number of carboxylic acid groups (broad SMARTS) is 1. The zero-order valence-corrected chi connectivity index (χ0v) is 10.3. The molecular formula is C8H12ClNaO2. The second-order valence-electron chi connectivity index (χ2n) is 2.31. The van der Waals surface area contributed by atoms with Gasteiger partial charge in [-0.25, -0.2) is 0 Å². The van der Waals surface area contributed by atoms with Gasteiger partial charge in [0.15, 0.2) is 0 Å². The van der Waals surface area contributed by atoms with Gasteiger partial charge in [-0.15, -0.1) is 11.6 Å². The molecule has 0 heterocycles. The van der Waals surface area contributed by atoms with Gasteiger partial charge >= 0.3 is 29.6 Å². The molecule has 0 radical (unpaired) electrons. The maximum absolute atomic E-state index is 9.99. The Morgan fingerprint density at radius 3 is 2.67 bits per heavy atom. The third-order valence-electron chi connectivity index (χ3n) is 1.29. The van der Waals surface area contributed by atoms with Gasteiger partial charge in [0.2, 0.25) is 0 Å². The van der Waals surface area contributed by atoms with Gasteiger partial charge in [-0.1, -0.05) is 12.2 Å². The number of allylic oxidation sites excluding steroid dienone is 2. The fraction of sp³-hybridized carbons (Fsp3) is 0.625. The Labute approximate surface area is 100 Å². The molecule has 4 heteroatoms. The maximum Gasteiger partial charge on any atom is 1.00 e. The molecular weight excluding hydrogens is 187 g/mol. The van der Waals surface area contributed by atoms with Crippen LogP contribution in [0.4, 0.5) is 0 Å². The predicted octanol–water partition coefficient (Wildman–Crippen LogP) is -1.91. The van der Waals surface area contributed by atoms with Gasteiger partial charge in [-0.05, 0) is 26.2 Å². The first-order chi connectivity index (χ1) is 5.16. The van der Waals surface area contributed by atoms with E-state index in [4.69, 9.17) is 11.6 Å². The maximum atomic E-state index is 9.99. The average molecular weight is 199 g/mol. The van der Waals surface area contributed by atoms with E-state index in [1.807, 2.05) is 19.1 Å².